The van der Waals surface area contributed by atoms with E-state index in [0.29, 0.717) is 10.6 Å². The molecule has 0 saturated heterocycles. The zero-order valence-electron chi connectivity index (χ0n) is 14.8. The number of hydrogen-bond donors (Lipinski definition) is 2. The Balaban J connectivity index is 1.63. The average Bonchev–Trinajstić information content (AvgIpc) is 3.17. The maximum absolute atomic E-state index is 12.4. The van der Waals surface area contributed by atoms with E-state index in [1.807, 2.05) is 37.3 Å². The van der Waals surface area contributed by atoms with Gasteiger partial charge in [0.15, 0.2) is 0 Å². The molecule has 2 N–H and O–H groups in total. The molecule has 0 radical (unpaired) electrons. The summed E-state index contributed by atoms with van der Waals surface area (Å²) in [5, 5.41) is 10.6. The Kier molecular flexibility index (Phi) is 6.40. The number of amides is 1. The highest BCUT2D eigenvalue weighted by Gasteiger charge is 2.22. The monoisotopic (exact) mass is 436 g/mol. The second-order valence-electron chi connectivity index (χ2n) is 6.00. The highest BCUT2D eigenvalue weighted by atomic mass is 35.5. The van der Waals surface area contributed by atoms with Gasteiger partial charge in [0.1, 0.15) is 0 Å². The highest BCUT2D eigenvalue weighted by Crippen LogP contribution is 2.21. The lowest BCUT2D eigenvalue weighted by Gasteiger charge is -2.12. The maximum atomic E-state index is 12.4. The minimum Gasteiger partial charge on any atom is -0.296 e. The maximum Gasteiger partial charge on any atom is 0.269 e. The number of hydrogen-bond acceptors (Lipinski definition) is 6. The van der Waals surface area contributed by atoms with Crippen LogP contribution in [-0.4, -0.2) is 31.1 Å². The van der Waals surface area contributed by atoms with Crippen LogP contribution < -0.4 is 10.0 Å². The van der Waals surface area contributed by atoms with Gasteiger partial charge in [-0.25, -0.2) is 13.1 Å². The van der Waals surface area contributed by atoms with Gasteiger partial charge in [0, 0.05) is 17.1 Å². The molecule has 1 unspecified atom stereocenters. The van der Waals surface area contributed by atoms with Gasteiger partial charge in [-0.15, -0.1) is 10.2 Å². The van der Waals surface area contributed by atoms with Crippen LogP contribution in [0.1, 0.15) is 28.8 Å². The molecule has 2 aromatic carbocycles. The van der Waals surface area contributed by atoms with Crippen LogP contribution in [0.2, 0.25) is 5.02 Å². The first kappa shape index (κ1) is 20.4. The molecule has 0 aliphatic rings. The van der Waals surface area contributed by atoms with E-state index in [9.17, 15) is 13.2 Å². The Morgan fingerprint density at radius 3 is 2.46 bits per heavy atom. The molecular weight excluding hydrogens is 420 g/mol. The largest absolute Gasteiger partial charge is 0.296 e. The normalized spacial score (nSPS) is 12.5. The van der Waals surface area contributed by atoms with Gasteiger partial charge in [-0.05, 0) is 35.7 Å². The number of halogens is 1. The van der Waals surface area contributed by atoms with Crippen molar-refractivity contribution in [2.75, 3.05) is 11.9 Å². The number of carbonyl (C=O) groups is 1. The fourth-order valence-corrected chi connectivity index (χ4v) is 4.53. The van der Waals surface area contributed by atoms with Crippen molar-refractivity contribution in [1.82, 2.24) is 14.9 Å². The number of sulfonamides is 1. The quantitative estimate of drug-likeness (QED) is 0.552. The van der Waals surface area contributed by atoms with Gasteiger partial charge in [0.05, 0.1) is 0 Å². The van der Waals surface area contributed by atoms with Crippen LogP contribution >= 0.6 is 22.9 Å². The van der Waals surface area contributed by atoms with Crippen molar-refractivity contribution in [2.45, 2.75) is 17.2 Å². The minimum atomic E-state index is -3.82. The molecule has 0 fully saturated rings. The van der Waals surface area contributed by atoms with Crippen LogP contribution in [0.4, 0.5) is 5.13 Å². The molecule has 28 heavy (non-hydrogen) atoms. The standard InChI is InChI=1S/C18H17ClN4O3S2/c1-12(13-5-3-2-4-6-13)11-20-28(25,26)18-23-22-17(27-18)21-16(24)14-7-9-15(19)10-8-14/h2-10,12,20H,11H2,1H3,(H,21,22,24). The fourth-order valence-electron chi connectivity index (χ4n) is 2.34. The molecule has 0 aliphatic heterocycles. The minimum absolute atomic E-state index is 0.00651. The third kappa shape index (κ3) is 5.14. The summed E-state index contributed by atoms with van der Waals surface area (Å²) < 4.78 is 27.2. The number of rotatable bonds is 7. The van der Waals surface area contributed by atoms with E-state index in [1.54, 1.807) is 24.3 Å². The predicted octanol–water partition coefficient (Wildman–Crippen LogP) is 3.53. The second kappa shape index (κ2) is 8.78. The van der Waals surface area contributed by atoms with Crippen LogP contribution in [0.3, 0.4) is 0 Å². The summed E-state index contributed by atoms with van der Waals surface area (Å²) in [6.07, 6.45) is 0. The van der Waals surface area contributed by atoms with Crippen molar-refractivity contribution in [3.63, 3.8) is 0 Å². The number of anilines is 1. The van der Waals surface area contributed by atoms with E-state index in [0.717, 1.165) is 16.9 Å². The molecule has 146 valence electrons. The molecule has 10 heteroatoms. The van der Waals surface area contributed by atoms with E-state index < -0.39 is 15.9 Å². The van der Waals surface area contributed by atoms with Crippen LogP contribution in [0, 0.1) is 0 Å². The number of aromatic nitrogens is 2. The molecule has 1 heterocycles. The molecule has 3 aromatic rings. The van der Waals surface area contributed by atoms with E-state index in [2.05, 4.69) is 20.2 Å². The Labute approximate surface area is 171 Å². The molecule has 7 nitrogen and oxygen atoms in total. The fraction of sp³-hybridized carbons (Fsp3) is 0.167. The molecule has 0 spiro atoms. The van der Waals surface area contributed by atoms with Crippen LogP contribution in [0.25, 0.3) is 0 Å². The summed E-state index contributed by atoms with van der Waals surface area (Å²) in [4.78, 5) is 12.2. The first-order valence-electron chi connectivity index (χ1n) is 8.30. The summed E-state index contributed by atoms with van der Waals surface area (Å²) in [7, 11) is -3.82. The smallest absolute Gasteiger partial charge is 0.269 e. The van der Waals surface area contributed by atoms with E-state index in [4.69, 9.17) is 11.6 Å². The van der Waals surface area contributed by atoms with Crippen LogP contribution in [0.15, 0.2) is 58.9 Å². The van der Waals surface area contributed by atoms with Crippen molar-refractivity contribution in [1.29, 1.82) is 0 Å². The zero-order valence-corrected chi connectivity index (χ0v) is 17.2. The highest BCUT2D eigenvalue weighted by molar-refractivity contribution is 7.91. The Morgan fingerprint density at radius 1 is 1.11 bits per heavy atom. The lowest BCUT2D eigenvalue weighted by molar-refractivity contribution is 0.102. The van der Waals surface area contributed by atoms with E-state index >= 15 is 0 Å². The van der Waals surface area contributed by atoms with Crippen molar-refractivity contribution >= 4 is 44.0 Å². The van der Waals surface area contributed by atoms with E-state index in [-0.39, 0.29) is 21.9 Å². The summed E-state index contributed by atoms with van der Waals surface area (Å²) in [6.45, 7) is 2.15. The number of benzene rings is 2. The second-order valence-corrected chi connectivity index (χ2v) is 9.35. The molecule has 0 aliphatic carbocycles. The third-order valence-corrected chi connectivity index (χ3v) is 6.79. The average molecular weight is 437 g/mol. The van der Waals surface area contributed by atoms with Gasteiger partial charge in [-0.2, -0.15) is 0 Å². The number of carbonyl (C=O) groups excluding carboxylic acids is 1. The molecule has 0 bridgehead atoms. The molecule has 1 amide bonds. The van der Waals surface area contributed by atoms with Gasteiger partial charge in [-0.1, -0.05) is 60.2 Å². The van der Waals surface area contributed by atoms with Crippen molar-refractivity contribution in [3.8, 4) is 0 Å². The van der Waals surface area contributed by atoms with Crippen LogP contribution in [-0.2, 0) is 10.0 Å². The first-order valence-corrected chi connectivity index (χ1v) is 11.0. The van der Waals surface area contributed by atoms with Gasteiger partial charge in [0.25, 0.3) is 15.9 Å². The van der Waals surface area contributed by atoms with Gasteiger partial charge >= 0.3 is 0 Å². The van der Waals surface area contributed by atoms with Crippen LogP contribution in [0.5, 0.6) is 0 Å². The Morgan fingerprint density at radius 2 is 1.79 bits per heavy atom. The molecule has 3 rings (SSSR count). The molecule has 1 aromatic heterocycles. The summed E-state index contributed by atoms with van der Waals surface area (Å²) in [6, 6.07) is 15.9. The molecule has 1 atom stereocenters. The van der Waals surface area contributed by atoms with Crippen molar-refractivity contribution in [2.24, 2.45) is 0 Å². The lowest BCUT2D eigenvalue weighted by atomic mass is 10.0. The van der Waals surface area contributed by atoms with E-state index in [1.165, 1.54) is 0 Å². The summed E-state index contributed by atoms with van der Waals surface area (Å²) in [5.74, 6) is -0.435. The molecular formula is C18H17ClN4O3S2. The molecule has 0 saturated carbocycles. The van der Waals surface area contributed by atoms with Gasteiger partial charge < -0.3 is 0 Å². The Bertz CT molecular complexity index is 1050. The third-order valence-electron chi connectivity index (χ3n) is 3.91. The summed E-state index contributed by atoms with van der Waals surface area (Å²) in [5.41, 5.74) is 1.40. The topological polar surface area (TPSA) is 101 Å². The predicted molar refractivity (Wildman–Crippen MR) is 109 cm³/mol. The zero-order chi connectivity index (χ0) is 20.1. The SMILES string of the molecule is CC(CNS(=O)(=O)c1nnc(NC(=O)c2ccc(Cl)cc2)s1)c1ccccc1. The van der Waals surface area contributed by atoms with Crippen molar-refractivity contribution in [3.05, 3.63) is 70.7 Å². The van der Waals surface area contributed by atoms with Crippen molar-refractivity contribution < 1.29 is 13.2 Å². The van der Waals surface area contributed by atoms with Gasteiger partial charge in [-0.3, -0.25) is 10.1 Å². The summed E-state index contributed by atoms with van der Waals surface area (Å²) >= 11 is 6.58. The lowest BCUT2D eigenvalue weighted by Crippen LogP contribution is -2.27. The van der Waals surface area contributed by atoms with Gasteiger partial charge in [0.2, 0.25) is 9.47 Å². The Hall–Kier alpha value is -2.33. The number of nitrogens with one attached hydrogen (secondary N) is 2. The first-order chi connectivity index (χ1) is 13.3. The number of nitrogens with zero attached hydrogens (tertiary/aromatic N) is 2.